The Bertz CT molecular complexity index is 794. The lowest BCUT2D eigenvalue weighted by atomic mass is 9.85. The third-order valence-corrected chi connectivity index (χ3v) is 6.09. The normalized spacial score (nSPS) is 28.7. The van der Waals surface area contributed by atoms with Gasteiger partial charge in [-0.15, -0.1) is 0 Å². The van der Waals surface area contributed by atoms with Gasteiger partial charge in [-0.25, -0.2) is 9.97 Å². The van der Waals surface area contributed by atoms with Crippen molar-refractivity contribution in [3.05, 3.63) is 28.9 Å². The number of hydrogen-bond donors (Lipinski definition) is 2. The molecule has 134 valence electrons. The molecule has 3 N–H and O–H groups in total. The summed E-state index contributed by atoms with van der Waals surface area (Å²) in [6.45, 7) is 4.94. The van der Waals surface area contributed by atoms with Crippen molar-refractivity contribution in [1.82, 2.24) is 14.9 Å². The number of ether oxygens (including phenoxy) is 1. The van der Waals surface area contributed by atoms with Gasteiger partial charge in [-0.05, 0) is 56.5 Å². The minimum Gasteiger partial charge on any atom is -0.389 e. The highest BCUT2D eigenvalue weighted by Crippen LogP contribution is 2.38. The summed E-state index contributed by atoms with van der Waals surface area (Å²) in [6.07, 6.45) is 3.27. The topological polar surface area (TPSA) is 84.5 Å². The van der Waals surface area contributed by atoms with Crippen LogP contribution in [-0.2, 0) is 4.74 Å². The van der Waals surface area contributed by atoms with Crippen LogP contribution in [0.25, 0.3) is 10.9 Å². The van der Waals surface area contributed by atoms with Crippen LogP contribution in [0.3, 0.4) is 0 Å². The molecule has 2 aliphatic heterocycles. The van der Waals surface area contributed by atoms with E-state index in [9.17, 15) is 5.11 Å². The average Bonchev–Trinajstić information content (AvgIpc) is 2.95. The fraction of sp³-hybridized carbons (Fsp3) is 0.556. The number of fused-ring (bicyclic) bond motifs is 1. The van der Waals surface area contributed by atoms with E-state index in [1.807, 2.05) is 12.1 Å². The molecule has 2 aromatic rings. The number of nitrogens with zero attached hydrogens (tertiary/aromatic N) is 3. The van der Waals surface area contributed by atoms with Gasteiger partial charge in [0.25, 0.3) is 0 Å². The monoisotopic (exact) mass is 362 g/mol. The number of aliphatic hydroxyl groups excluding tert-OH is 1. The van der Waals surface area contributed by atoms with Crippen molar-refractivity contribution in [3.8, 4) is 0 Å². The summed E-state index contributed by atoms with van der Waals surface area (Å²) in [7, 11) is 0. The minimum absolute atomic E-state index is 0.277. The summed E-state index contributed by atoms with van der Waals surface area (Å²) in [6, 6.07) is 3.97. The molecule has 1 aromatic heterocycles. The van der Waals surface area contributed by atoms with Crippen molar-refractivity contribution in [2.75, 3.05) is 32.0 Å². The number of likely N-dealkylation sites (tertiary alicyclic amines) is 1. The fourth-order valence-electron chi connectivity index (χ4n) is 4.05. The number of nitrogen functional groups attached to an aromatic ring is 1. The Morgan fingerprint density at radius 3 is 2.80 bits per heavy atom. The maximum Gasteiger partial charge on any atom is 0.220 e. The van der Waals surface area contributed by atoms with E-state index < -0.39 is 6.10 Å². The maximum atomic E-state index is 10.3. The van der Waals surface area contributed by atoms with Crippen molar-refractivity contribution in [3.63, 3.8) is 0 Å². The molecule has 6 nitrogen and oxygen atoms in total. The number of anilines is 1. The van der Waals surface area contributed by atoms with Crippen LogP contribution >= 0.6 is 11.6 Å². The first-order chi connectivity index (χ1) is 12.0. The number of aromatic nitrogens is 2. The number of aliphatic hydroxyl groups is 1. The van der Waals surface area contributed by atoms with Crippen LogP contribution in [0.15, 0.2) is 18.3 Å². The third kappa shape index (κ3) is 2.97. The van der Waals surface area contributed by atoms with Gasteiger partial charge >= 0.3 is 0 Å². The molecule has 25 heavy (non-hydrogen) atoms. The number of hydrogen-bond acceptors (Lipinski definition) is 6. The van der Waals surface area contributed by atoms with Gasteiger partial charge in [-0.2, -0.15) is 0 Å². The van der Waals surface area contributed by atoms with E-state index in [2.05, 4.69) is 21.8 Å². The molecular weight excluding hydrogens is 340 g/mol. The Morgan fingerprint density at radius 2 is 2.12 bits per heavy atom. The zero-order valence-corrected chi connectivity index (χ0v) is 15.0. The molecule has 0 bridgehead atoms. The van der Waals surface area contributed by atoms with E-state index in [4.69, 9.17) is 22.1 Å². The second kappa shape index (κ2) is 6.36. The van der Waals surface area contributed by atoms with E-state index in [-0.39, 0.29) is 11.5 Å². The van der Waals surface area contributed by atoms with Crippen LogP contribution in [-0.4, -0.2) is 57.9 Å². The van der Waals surface area contributed by atoms with Gasteiger partial charge < -0.3 is 15.6 Å². The highest BCUT2D eigenvalue weighted by Gasteiger charge is 2.44. The van der Waals surface area contributed by atoms with E-state index >= 15 is 0 Å². The molecule has 0 unspecified atom stereocenters. The molecule has 0 aliphatic carbocycles. The minimum atomic E-state index is -0.423. The summed E-state index contributed by atoms with van der Waals surface area (Å²) in [5, 5.41) is 11.9. The first kappa shape index (κ1) is 17.0. The number of halogens is 1. The largest absolute Gasteiger partial charge is 0.389 e. The Labute approximate surface area is 152 Å². The molecule has 2 aliphatic rings. The van der Waals surface area contributed by atoms with Gasteiger partial charge in [0.15, 0.2) is 0 Å². The SMILES string of the molecule is C[C@@]1(N2CCC(c3cc4nc(N)ncc4cc3Cl)CC2)COC[C@@H]1O. The van der Waals surface area contributed by atoms with E-state index in [0.717, 1.165) is 47.4 Å². The molecule has 7 heteroatoms. The van der Waals surface area contributed by atoms with E-state index in [1.165, 1.54) is 0 Å². The molecule has 0 amide bonds. The molecular formula is C18H23ClN4O2. The summed E-state index contributed by atoms with van der Waals surface area (Å²) >= 11 is 6.53. The fourth-order valence-corrected chi connectivity index (χ4v) is 4.38. The van der Waals surface area contributed by atoms with Crippen LogP contribution in [0.5, 0.6) is 0 Å². The van der Waals surface area contributed by atoms with Gasteiger partial charge in [-0.1, -0.05) is 11.6 Å². The number of piperidine rings is 1. The van der Waals surface area contributed by atoms with E-state index in [1.54, 1.807) is 6.20 Å². The number of rotatable bonds is 2. The molecule has 2 atom stereocenters. The molecule has 3 heterocycles. The van der Waals surface area contributed by atoms with Gasteiger partial charge in [-0.3, -0.25) is 4.90 Å². The maximum absolute atomic E-state index is 10.3. The Balaban J connectivity index is 1.54. The zero-order valence-electron chi connectivity index (χ0n) is 14.3. The van der Waals surface area contributed by atoms with Gasteiger partial charge in [0.1, 0.15) is 0 Å². The lowest BCUT2D eigenvalue weighted by Crippen LogP contribution is -2.56. The smallest absolute Gasteiger partial charge is 0.220 e. The number of benzene rings is 1. The summed E-state index contributed by atoms with van der Waals surface area (Å²) in [4.78, 5) is 10.7. The Hall–Kier alpha value is -1.47. The van der Waals surface area contributed by atoms with Crippen molar-refractivity contribution in [1.29, 1.82) is 0 Å². The third-order valence-electron chi connectivity index (χ3n) is 5.76. The molecule has 0 spiro atoms. The predicted molar refractivity (Wildman–Crippen MR) is 97.7 cm³/mol. The van der Waals surface area contributed by atoms with E-state index in [0.29, 0.717) is 19.1 Å². The molecule has 0 radical (unpaired) electrons. The highest BCUT2D eigenvalue weighted by atomic mass is 35.5. The van der Waals surface area contributed by atoms with Crippen molar-refractivity contribution in [2.24, 2.45) is 0 Å². The average molecular weight is 363 g/mol. The standard InChI is InChI=1S/C18H23ClN4O2/c1-18(10-25-9-16(18)24)23-4-2-11(3-5-23)13-7-15-12(6-14(13)19)8-21-17(20)22-15/h6-8,11,16,24H,2-5,9-10H2,1H3,(H2,20,21,22)/t16-,18+/m0/s1. The van der Waals surface area contributed by atoms with Crippen LogP contribution in [0, 0.1) is 0 Å². The molecule has 2 fully saturated rings. The van der Waals surface area contributed by atoms with Crippen molar-refractivity contribution in [2.45, 2.75) is 37.3 Å². The zero-order chi connectivity index (χ0) is 17.6. The Kier molecular flexibility index (Phi) is 4.32. The van der Waals surface area contributed by atoms with Crippen LogP contribution in [0.4, 0.5) is 5.95 Å². The van der Waals surface area contributed by atoms with Crippen LogP contribution in [0.2, 0.25) is 5.02 Å². The number of nitrogens with two attached hydrogens (primary N) is 1. The molecule has 1 aromatic carbocycles. The van der Waals surface area contributed by atoms with Crippen LogP contribution in [0.1, 0.15) is 31.2 Å². The summed E-state index contributed by atoms with van der Waals surface area (Å²) in [5.74, 6) is 0.658. The van der Waals surface area contributed by atoms with Crippen molar-refractivity contribution < 1.29 is 9.84 Å². The van der Waals surface area contributed by atoms with Gasteiger partial charge in [0.05, 0.1) is 30.4 Å². The lowest BCUT2D eigenvalue weighted by molar-refractivity contribution is -0.00211. The first-order valence-electron chi connectivity index (χ1n) is 8.70. The molecule has 2 saturated heterocycles. The van der Waals surface area contributed by atoms with Gasteiger partial charge in [0, 0.05) is 16.6 Å². The molecule has 4 rings (SSSR count). The van der Waals surface area contributed by atoms with Crippen molar-refractivity contribution >= 4 is 28.5 Å². The van der Waals surface area contributed by atoms with Gasteiger partial charge in [0.2, 0.25) is 5.95 Å². The first-order valence-corrected chi connectivity index (χ1v) is 9.08. The lowest BCUT2D eigenvalue weighted by Gasteiger charge is -2.43. The Morgan fingerprint density at radius 1 is 1.36 bits per heavy atom. The second-order valence-corrected chi connectivity index (χ2v) is 7.72. The second-order valence-electron chi connectivity index (χ2n) is 7.31. The quantitative estimate of drug-likeness (QED) is 0.852. The molecule has 0 saturated carbocycles. The predicted octanol–water partition coefficient (Wildman–Crippen LogP) is 2.19. The summed E-state index contributed by atoms with van der Waals surface area (Å²) < 4.78 is 5.48. The summed E-state index contributed by atoms with van der Waals surface area (Å²) in [5.41, 5.74) is 7.39. The highest BCUT2D eigenvalue weighted by molar-refractivity contribution is 6.32. The van der Waals surface area contributed by atoms with Crippen LogP contribution < -0.4 is 5.73 Å².